The van der Waals surface area contributed by atoms with Gasteiger partial charge in [0.25, 0.3) is 5.91 Å². The monoisotopic (exact) mass is 300 g/mol. The van der Waals surface area contributed by atoms with Crippen molar-refractivity contribution in [2.45, 2.75) is 19.9 Å². The Hall–Kier alpha value is -2.16. The van der Waals surface area contributed by atoms with Crippen LogP contribution in [0.5, 0.6) is 0 Å². The van der Waals surface area contributed by atoms with Gasteiger partial charge in [-0.25, -0.2) is 0 Å². The third kappa shape index (κ3) is 4.42. The highest BCUT2D eigenvalue weighted by molar-refractivity contribution is 7.10. The van der Waals surface area contributed by atoms with E-state index >= 15 is 0 Å². The number of aryl methyl sites for hydroxylation is 1. The van der Waals surface area contributed by atoms with Crippen molar-refractivity contribution in [2.24, 2.45) is 0 Å². The van der Waals surface area contributed by atoms with Crippen molar-refractivity contribution in [1.29, 1.82) is 0 Å². The summed E-state index contributed by atoms with van der Waals surface area (Å²) in [6.07, 6.45) is 2.16. The molecule has 0 aliphatic carbocycles. The van der Waals surface area contributed by atoms with Gasteiger partial charge in [0.1, 0.15) is 0 Å². The Labute approximate surface area is 127 Å². The molecule has 2 rings (SSSR count). The number of pyridine rings is 1. The molecule has 5 heteroatoms. The summed E-state index contributed by atoms with van der Waals surface area (Å²) < 4.78 is 0. The molecule has 4 nitrogen and oxygen atoms in total. The second-order valence-electron chi connectivity index (χ2n) is 4.42. The fourth-order valence-corrected chi connectivity index (χ4v) is 2.45. The van der Waals surface area contributed by atoms with Gasteiger partial charge in [0.2, 0.25) is 0 Å². The van der Waals surface area contributed by atoms with Crippen LogP contribution in [-0.2, 0) is 6.54 Å². The van der Waals surface area contributed by atoms with Crippen LogP contribution in [0.2, 0.25) is 0 Å². The Kier molecular flexibility index (Phi) is 5.50. The number of amides is 1. The molecule has 108 valence electrons. The zero-order valence-corrected chi connectivity index (χ0v) is 12.5. The predicted molar refractivity (Wildman–Crippen MR) is 83.0 cm³/mol. The molecule has 0 spiro atoms. The van der Waals surface area contributed by atoms with E-state index in [1.165, 1.54) is 11.3 Å². The van der Waals surface area contributed by atoms with Crippen LogP contribution in [-0.4, -0.2) is 22.6 Å². The first-order chi connectivity index (χ1) is 10.2. The first-order valence-corrected chi connectivity index (χ1v) is 7.45. The SMILES string of the molecule is Cc1cccnc1CNC(=O)c1csc(C#CCCO)c1. The lowest BCUT2D eigenvalue weighted by Crippen LogP contribution is -2.23. The summed E-state index contributed by atoms with van der Waals surface area (Å²) in [4.78, 5) is 17.1. The van der Waals surface area contributed by atoms with E-state index in [9.17, 15) is 4.79 Å². The molecule has 2 aromatic rings. The number of aliphatic hydroxyl groups is 1. The minimum Gasteiger partial charge on any atom is -0.395 e. The molecular formula is C16H16N2O2S. The molecule has 0 aliphatic rings. The molecule has 0 saturated heterocycles. The van der Waals surface area contributed by atoms with Crippen molar-refractivity contribution in [3.8, 4) is 11.8 Å². The summed E-state index contributed by atoms with van der Waals surface area (Å²) in [5.74, 6) is 5.62. The zero-order chi connectivity index (χ0) is 15.1. The number of nitrogens with one attached hydrogen (secondary N) is 1. The van der Waals surface area contributed by atoms with E-state index in [0.717, 1.165) is 16.1 Å². The van der Waals surface area contributed by atoms with Gasteiger partial charge >= 0.3 is 0 Å². The van der Waals surface area contributed by atoms with Crippen molar-refractivity contribution < 1.29 is 9.90 Å². The van der Waals surface area contributed by atoms with Gasteiger partial charge in [-0.1, -0.05) is 17.9 Å². The lowest BCUT2D eigenvalue weighted by atomic mass is 10.2. The topological polar surface area (TPSA) is 62.2 Å². The largest absolute Gasteiger partial charge is 0.395 e. The van der Waals surface area contributed by atoms with Gasteiger partial charge < -0.3 is 10.4 Å². The van der Waals surface area contributed by atoms with Gasteiger partial charge in [-0.15, -0.1) is 11.3 Å². The summed E-state index contributed by atoms with van der Waals surface area (Å²) in [5, 5.41) is 13.3. The quantitative estimate of drug-likeness (QED) is 0.850. The summed E-state index contributed by atoms with van der Waals surface area (Å²) in [5.41, 5.74) is 2.52. The Morgan fingerprint density at radius 1 is 1.52 bits per heavy atom. The van der Waals surface area contributed by atoms with Gasteiger partial charge in [0.05, 0.1) is 29.3 Å². The highest BCUT2D eigenvalue weighted by atomic mass is 32.1. The molecule has 0 saturated carbocycles. The first kappa shape index (κ1) is 15.2. The lowest BCUT2D eigenvalue weighted by Gasteiger charge is -2.05. The number of nitrogens with zero attached hydrogens (tertiary/aromatic N) is 1. The molecule has 0 atom stereocenters. The van der Waals surface area contributed by atoms with Crippen LogP contribution in [0.1, 0.15) is 32.9 Å². The second-order valence-corrected chi connectivity index (χ2v) is 5.34. The van der Waals surface area contributed by atoms with Crippen LogP contribution >= 0.6 is 11.3 Å². The third-order valence-corrected chi connectivity index (χ3v) is 3.69. The highest BCUT2D eigenvalue weighted by Crippen LogP contribution is 2.13. The number of thiophene rings is 1. The van der Waals surface area contributed by atoms with Crippen LogP contribution in [0.15, 0.2) is 29.8 Å². The van der Waals surface area contributed by atoms with E-state index in [4.69, 9.17) is 5.11 Å². The summed E-state index contributed by atoms with van der Waals surface area (Å²) >= 11 is 1.42. The Balaban J connectivity index is 1.95. The van der Waals surface area contributed by atoms with Crippen molar-refractivity contribution in [1.82, 2.24) is 10.3 Å². The average molecular weight is 300 g/mol. The van der Waals surface area contributed by atoms with Crippen LogP contribution in [0.25, 0.3) is 0 Å². The number of rotatable bonds is 4. The highest BCUT2D eigenvalue weighted by Gasteiger charge is 2.08. The van der Waals surface area contributed by atoms with E-state index in [0.29, 0.717) is 18.5 Å². The molecule has 1 amide bonds. The van der Waals surface area contributed by atoms with Crippen molar-refractivity contribution in [3.05, 3.63) is 51.5 Å². The number of hydrogen-bond donors (Lipinski definition) is 2. The van der Waals surface area contributed by atoms with Crippen LogP contribution in [0.4, 0.5) is 0 Å². The van der Waals surface area contributed by atoms with E-state index < -0.39 is 0 Å². The van der Waals surface area contributed by atoms with Crippen molar-refractivity contribution in [2.75, 3.05) is 6.61 Å². The van der Waals surface area contributed by atoms with Crippen molar-refractivity contribution in [3.63, 3.8) is 0 Å². The predicted octanol–water partition coefficient (Wildman–Crippen LogP) is 2.12. The molecule has 0 fully saturated rings. The maximum Gasteiger partial charge on any atom is 0.252 e. The van der Waals surface area contributed by atoms with Gasteiger partial charge in [-0.3, -0.25) is 9.78 Å². The number of carbonyl (C=O) groups excluding carboxylic acids is 1. The molecule has 0 aliphatic heterocycles. The maximum absolute atomic E-state index is 12.1. The number of aromatic nitrogens is 1. The Bertz CT molecular complexity index is 683. The number of hydrogen-bond acceptors (Lipinski definition) is 4. The molecule has 0 aromatic carbocycles. The minimum atomic E-state index is -0.133. The molecule has 2 heterocycles. The van der Waals surface area contributed by atoms with E-state index in [1.54, 1.807) is 17.6 Å². The standard InChI is InChI=1S/C16H16N2O2S/c1-12-5-4-7-17-15(12)10-18-16(20)13-9-14(21-11-13)6-2-3-8-19/h4-5,7,9,11,19H,3,8,10H2,1H3,(H,18,20). The molecule has 21 heavy (non-hydrogen) atoms. The average Bonchev–Trinajstić information content (AvgIpc) is 2.95. The Morgan fingerprint density at radius 2 is 2.38 bits per heavy atom. The summed E-state index contributed by atoms with van der Waals surface area (Å²) in [7, 11) is 0. The molecule has 0 bridgehead atoms. The molecule has 2 aromatic heterocycles. The van der Waals surface area contributed by atoms with Gasteiger partial charge in [-0.2, -0.15) is 0 Å². The number of carbonyl (C=O) groups is 1. The molecular weight excluding hydrogens is 284 g/mol. The smallest absolute Gasteiger partial charge is 0.252 e. The summed E-state index contributed by atoms with van der Waals surface area (Å²) in [6.45, 7) is 2.43. The fourth-order valence-electron chi connectivity index (χ4n) is 1.70. The van der Waals surface area contributed by atoms with Crippen LogP contribution in [0.3, 0.4) is 0 Å². The van der Waals surface area contributed by atoms with Gasteiger partial charge in [0.15, 0.2) is 0 Å². The van der Waals surface area contributed by atoms with E-state index in [1.807, 2.05) is 19.1 Å². The second kappa shape index (κ2) is 7.58. The minimum absolute atomic E-state index is 0.0507. The normalized spacial score (nSPS) is 9.81. The summed E-state index contributed by atoms with van der Waals surface area (Å²) in [6, 6.07) is 5.60. The first-order valence-electron chi connectivity index (χ1n) is 6.57. The van der Waals surface area contributed by atoms with Crippen LogP contribution < -0.4 is 5.32 Å². The van der Waals surface area contributed by atoms with Crippen molar-refractivity contribution >= 4 is 17.2 Å². The molecule has 0 radical (unpaired) electrons. The van der Waals surface area contributed by atoms with E-state index in [2.05, 4.69) is 22.1 Å². The number of aliphatic hydroxyl groups excluding tert-OH is 1. The van der Waals surface area contributed by atoms with Gasteiger partial charge in [0, 0.05) is 18.0 Å². The molecule has 2 N–H and O–H groups in total. The molecule has 0 unspecified atom stereocenters. The third-order valence-electron chi connectivity index (χ3n) is 2.84. The van der Waals surface area contributed by atoms with E-state index in [-0.39, 0.29) is 12.5 Å². The lowest BCUT2D eigenvalue weighted by molar-refractivity contribution is 0.0951. The fraction of sp³-hybridized carbons (Fsp3) is 0.250. The Morgan fingerprint density at radius 3 is 3.14 bits per heavy atom. The van der Waals surface area contributed by atoms with Crippen LogP contribution in [0, 0.1) is 18.8 Å². The van der Waals surface area contributed by atoms with Gasteiger partial charge in [-0.05, 0) is 24.6 Å². The zero-order valence-electron chi connectivity index (χ0n) is 11.7. The maximum atomic E-state index is 12.1.